The lowest BCUT2D eigenvalue weighted by Crippen LogP contribution is -2.29. The van der Waals surface area contributed by atoms with E-state index in [4.69, 9.17) is 0 Å². The molecule has 3 atom stereocenters. The Morgan fingerprint density at radius 1 is 1.29 bits per heavy atom. The molecule has 1 aromatic carbocycles. The molecule has 1 aliphatic rings. The van der Waals surface area contributed by atoms with Crippen molar-refractivity contribution in [2.75, 3.05) is 0 Å². The van der Waals surface area contributed by atoms with Crippen LogP contribution in [0.3, 0.4) is 0 Å². The van der Waals surface area contributed by atoms with Crippen molar-refractivity contribution in [1.29, 1.82) is 0 Å². The quantitative estimate of drug-likeness (QED) is 0.846. The minimum Gasteiger partial charge on any atom is -0.307 e. The van der Waals surface area contributed by atoms with Gasteiger partial charge in [-0.1, -0.05) is 19.1 Å². The number of benzene rings is 1. The predicted octanol–water partition coefficient (Wildman–Crippen LogP) is 3.80. The number of rotatable bonds is 3. The van der Waals surface area contributed by atoms with Crippen LogP contribution in [0.2, 0.25) is 0 Å². The summed E-state index contributed by atoms with van der Waals surface area (Å²) in [5.74, 6) is -0.758. The number of nitrogens with one attached hydrogen (secondary N) is 1. The van der Waals surface area contributed by atoms with E-state index in [2.05, 4.69) is 12.2 Å². The Hall–Kier alpha value is -0.960. The summed E-state index contributed by atoms with van der Waals surface area (Å²) in [5.41, 5.74) is 0.421. The van der Waals surface area contributed by atoms with Gasteiger partial charge in [0, 0.05) is 17.6 Å². The molecule has 0 saturated heterocycles. The molecule has 0 radical (unpaired) electrons. The summed E-state index contributed by atoms with van der Waals surface area (Å²) in [5, 5.41) is 3.39. The Bertz CT molecular complexity index is 392. The standard InChI is InChI=1S/C14H19F2N/c1-9-6-7-11(8-9)17-10(2)12-4-3-5-13(15)14(12)16/h3-5,9-11,17H,6-8H2,1-2H3. The third-order valence-electron chi connectivity index (χ3n) is 3.63. The van der Waals surface area contributed by atoms with Crippen molar-refractivity contribution in [1.82, 2.24) is 5.32 Å². The van der Waals surface area contributed by atoms with Gasteiger partial charge in [0.25, 0.3) is 0 Å². The molecule has 0 aliphatic heterocycles. The highest BCUT2D eigenvalue weighted by Crippen LogP contribution is 2.27. The lowest BCUT2D eigenvalue weighted by molar-refractivity contribution is 0.425. The average molecular weight is 239 g/mol. The van der Waals surface area contributed by atoms with Gasteiger partial charge in [-0.3, -0.25) is 0 Å². The summed E-state index contributed by atoms with van der Waals surface area (Å²) in [4.78, 5) is 0. The third-order valence-corrected chi connectivity index (χ3v) is 3.63. The highest BCUT2D eigenvalue weighted by Gasteiger charge is 2.24. The molecule has 2 rings (SSSR count). The van der Waals surface area contributed by atoms with Gasteiger partial charge < -0.3 is 5.32 Å². The van der Waals surface area contributed by atoms with E-state index < -0.39 is 11.6 Å². The summed E-state index contributed by atoms with van der Waals surface area (Å²) in [6.07, 6.45) is 3.47. The maximum Gasteiger partial charge on any atom is 0.163 e. The van der Waals surface area contributed by atoms with E-state index in [9.17, 15) is 8.78 Å². The van der Waals surface area contributed by atoms with Crippen LogP contribution in [0.4, 0.5) is 8.78 Å². The third kappa shape index (κ3) is 2.83. The van der Waals surface area contributed by atoms with Gasteiger partial charge in [-0.15, -0.1) is 0 Å². The van der Waals surface area contributed by atoms with Crippen molar-refractivity contribution >= 4 is 0 Å². The van der Waals surface area contributed by atoms with Crippen LogP contribution in [0, 0.1) is 17.6 Å². The van der Waals surface area contributed by atoms with Crippen LogP contribution in [0.15, 0.2) is 18.2 Å². The Morgan fingerprint density at radius 2 is 2.06 bits per heavy atom. The van der Waals surface area contributed by atoms with E-state index in [0.29, 0.717) is 11.6 Å². The molecule has 1 aliphatic carbocycles. The lowest BCUT2D eigenvalue weighted by Gasteiger charge is -2.20. The van der Waals surface area contributed by atoms with Crippen LogP contribution in [0.5, 0.6) is 0 Å². The normalized spacial score (nSPS) is 26.1. The van der Waals surface area contributed by atoms with Crippen LogP contribution >= 0.6 is 0 Å². The highest BCUT2D eigenvalue weighted by molar-refractivity contribution is 5.22. The SMILES string of the molecule is CC1CCC(NC(C)c2cccc(F)c2F)C1. The van der Waals surface area contributed by atoms with E-state index in [-0.39, 0.29) is 6.04 Å². The molecular weight excluding hydrogens is 220 g/mol. The minimum atomic E-state index is -0.768. The minimum absolute atomic E-state index is 0.138. The van der Waals surface area contributed by atoms with Crippen molar-refractivity contribution in [2.45, 2.75) is 45.2 Å². The predicted molar refractivity (Wildman–Crippen MR) is 64.7 cm³/mol. The van der Waals surface area contributed by atoms with Crippen molar-refractivity contribution < 1.29 is 8.78 Å². The summed E-state index contributed by atoms with van der Waals surface area (Å²) in [6, 6.07) is 4.66. The topological polar surface area (TPSA) is 12.0 Å². The Labute approximate surface area is 101 Å². The van der Waals surface area contributed by atoms with Gasteiger partial charge in [0.15, 0.2) is 11.6 Å². The molecule has 1 fully saturated rings. The monoisotopic (exact) mass is 239 g/mol. The number of hydrogen-bond acceptors (Lipinski definition) is 1. The smallest absolute Gasteiger partial charge is 0.163 e. The van der Waals surface area contributed by atoms with Crippen LogP contribution in [0.25, 0.3) is 0 Å². The molecule has 1 N–H and O–H groups in total. The maximum absolute atomic E-state index is 13.6. The van der Waals surface area contributed by atoms with Crippen molar-refractivity contribution in [3.05, 3.63) is 35.4 Å². The molecule has 94 valence electrons. The highest BCUT2D eigenvalue weighted by atomic mass is 19.2. The lowest BCUT2D eigenvalue weighted by atomic mass is 10.1. The van der Waals surface area contributed by atoms with Crippen LogP contribution in [-0.2, 0) is 0 Å². The van der Waals surface area contributed by atoms with Gasteiger partial charge in [-0.2, -0.15) is 0 Å². The fourth-order valence-electron chi connectivity index (χ4n) is 2.66. The van der Waals surface area contributed by atoms with E-state index in [1.54, 1.807) is 12.1 Å². The van der Waals surface area contributed by atoms with Gasteiger partial charge >= 0.3 is 0 Å². The first-order valence-corrected chi connectivity index (χ1v) is 6.28. The fraction of sp³-hybridized carbons (Fsp3) is 0.571. The van der Waals surface area contributed by atoms with Gasteiger partial charge in [-0.05, 0) is 38.2 Å². The molecular formula is C14H19F2N. The molecule has 0 aromatic heterocycles. The number of halogens is 2. The largest absolute Gasteiger partial charge is 0.307 e. The first kappa shape index (κ1) is 12.5. The van der Waals surface area contributed by atoms with Crippen LogP contribution < -0.4 is 5.32 Å². The Kier molecular flexibility index (Phi) is 3.77. The molecule has 0 spiro atoms. The second-order valence-corrected chi connectivity index (χ2v) is 5.15. The van der Waals surface area contributed by atoms with E-state index in [1.165, 1.54) is 6.42 Å². The zero-order valence-electron chi connectivity index (χ0n) is 10.3. The number of hydrogen-bond donors (Lipinski definition) is 1. The molecule has 1 saturated carbocycles. The van der Waals surface area contributed by atoms with Gasteiger partial charge in [0.1, 0.15) is 0 Å². The zero-order valence-corrected chi connectivity index (χ0v) is 10.3. The van der Waals surface area contributed by atoms with Gasteiger partial charge in [0.05, 0.1) is 0 Å². The molecule has 0 heterocycles. The van der Waals surface area contributed by atoms with Gasteiger partial charge in [-0.25, -0.2) is 8.78 Å². The van der Waals surface area contributed by atoms with Gasteiger partial charge in [0.2, 0.25) is 0 Å². The molecule has 17 heavy (non-hydrogen) atoms. The Morgan fingerprint density at radius 3 is 2.71 bits per heavy atom. The first-order chi connectivity index (χ1) is 8.08. The summed E-state index contributed by atoms with van der Waals surface area (Å²) >= 11 is 0. The fourth-order valence-corrected chi connectivity index (χ4v) is 2.66. The zero-order chi connectivity index (χ0) is 12.4. The van der Waals surface area contributed by atoms with E-state index in [0.717, 1.165) is 24.8 Å². The second-order valence-electron chi connectivity index (χ2n) is 5.15. The van der Waals surface area contributed by atoms with E-state index in [1.807, 2.05) is 6.92 Å². The molecule has 0 amide bonds. The summed E-state index contributed by atoms with van der Waals surface area (Å²) in [7, 11) is 0. The van der Waals surface area contributed by atoms with E-state index >= 15 is 0 Å². The van der Waals surface area contributed by atoms with Crippen LogP contribution in [-0.4, -0.2) is 6.04 Å². The first-order valence-electron chi connectivity index (χ1n) is 6.28. The molecule has 0 bridgehead atoms. The average Bonchev–Trinajstić information content (AvgIpc) is 2.68. The van der Waals surface area contributed by atoms with Crippen molar-refractivity contribution in [2.24, 2.45) is 5.92 Å². The molecule has 1 nitrogen and oxygen atoms in total. The Balaban J connectivity index is 2.04. The molecule has 3 heteroatoms. The molecule has 3 unspecified atom stereocenters. The summed E-state index contributed by atoms with van der Waals surface area (Å²) in [6.45, 7) is 4.12. The van der Waals surface area contributed by atoms with Crippen LogP contribution in [0.1, 0.15) is 44.7 Å². The maximum atomic E-state index is 13.6. The summed E-state index contributed by atoms with van der Waals surface area (Å²) < 4.78 is 26.7. The molecule has 1 aromatic rings. The van der Waals surface area contributed by atoms with Crippen molar-refractivity contribution in [3.8, 4) is 0 Å². The van der Waals surface area contributed by atoms with Crippen molar-refractivity contribution in [3.63, 3.8) is 0 Å². The second kappa shape index (κ2) is 5.13.